The van der Waals surface area contributed by atoms with E-state index in [1.165, 1.54) is 15.9 Å². The zero-order chi connectivity index (χ0) is 17.1. The SMILES string of the molecule is CCc1ccsc1C(=O)NC1CCCN(c2nccn(C)c2=O)C1. The van der Waals surface area contributed by atoms with E-state index in [1.54, 1.807) is 19.4 Å². The van der Waals surface area contributed by atoms with Crippen LogP contribution in [0.15, 0.2) is 28.6 Å². The molecule has 1 aliphatic heterocycles. The largest absolute Gasteiger partial charge is 0.350 e. The Bertz CT molecular complexity index is 783. The van der Waals surface area contributed by atoms with Crippen molar-refractivity contribution < 1.29 is 4.79 Å². The van der Waals surface area contributed by atoms with Gasteiger partial charge in [-0.25, -0.2) is 4.98 Å². The first-order valence-electron chi connectivity index (χ1n) is 8.24. The molecule has 1 amide bonds. The molecule has 1 N–H and O–H groups in total. The molecule has 0 aromatic carbocycles. The number of nitrogens with one attached hydrogen (secondary N) is 1. The number of piperidine rings is 1. The van der Waals surface area contributed by atoms with Crippen molar-refractivity contribution in [2.24, 2.45) is 7.05 Å². The monoisotopic (exact) mass is 346 g/mol. The fraction of sp³-hybridized carbons (Fsp3) is 0.471. The highest BCUT2D eigenvalue weighted by Gasteiger charge is 2.25. The van der Waals surface area contributed by atoms with Crippen molar-refractivity contribution in [3.8, 4) is 0 Å². The zero-order valence-corrected chi connectivity index (χ0v) is 14.8. The van der Waals surface area contributed by atoms with E-state index in [4.69, 9.17) is 0 Å². The first kappa shape index (κ1) is 16.7. The van der Waals surface area contributed by atoms with Crippen molar-refractivity contribution in [1.82, 2.24) is 14.9 Å². The summed E-state index contributed by atoms with van der Waals surface area (Å²) in [6, 6.07) is 2.04. The summed E-state index contributed by atoms with van der Waals surface area (Å²) in [5, 5.41) is 5.08. The van der Waals surface area contributed by atoms with Crippen LogP contribution in [0.25, 0.3) is 0 Å². The van der Waals surface area contributed by atoms with Gasteiger partial charge in [-0.2, -0.15) is 0 Å². The van der Waals surface area contributed by atoms with Crippen molar-refractivity contribution in [1.29, 1.82) is 0 Å². The highest BCUT2D eigenvalue weighted by Crippen LogP contribution is 2.19. The lowest BCUT2D eigenvalue weighted by Gasteiger charge is -2.33. The molecule has 7 heteroatoms. The van der Waals surface area contributed by atoms with Gasteiger partial charge < -0.3 is 14.8 Å². The Morgan fingerprint density at radius 3 is 3.12 bits per heavy atom. The summed E-state index contributed by atoms with van der Waals surface area (Å²) in [5.74, 6) is 0.451. The van der Waals surface area contributed by atoms with Crippen LogP contribution < -0.4 is 15.8 Å². The second-order valence-corrected chi connectivity index (χ2v) is 6.97. The smallest absolute Gasteiger partial charge is 0.293 e. The van der Waals surface area contributed by atoms with E-state index in [9.17, 15) is 9.59 Å². The molecule has 6 nitrogen and oxygen atoms in total. The zero-order valence-electron chi connectivity index (χ0n) is 14.0. The van der Waals surface area contributed by atoms with E-state index in [-0.39, 0.29) is 17.5 Å². The number of thiophene rings is 1. The van der Waals surface area contributed by atoms with E-state index in [1.807, 2.05) is 16.3 Å². The Kier molecular flexibility index (Phi) is 4.99. The molecule has 24 heavy (non-hydrogen) atoms. The number of carbonyl (C=O) groups excluding carboxylic acids is 1. The number of aryl methyl sites for hydroxylation is 2. The van der Waals surface area contributed by atoms with Gasteiger partial charge in [-0.1, -0.05) is 6.92 Å². The normalized spacial score (nSPS) is 17.8. The number of hydrogen-bond donors (Lipinski definition) is 1. The van der Waals surface area contributed by atoms with Crippen molar-refractivity contribution in [3.63, 3.8) is 0 Å². The molecule has 1 unspecified atom stereocenters. The highest BCUT2D eigenvalue weighted by molar-refractivity contribution is 7.12. The van der Waals surface area contributed by atoms with Gasteiger partial charge in [0.2, 0.25) is 0 Å². The van der Waals surface area contributed by atoms with Gasteiger partial charge >= 0.3 is 0 Å². The molecule has 0 saturated carbocycles. The van der Waals surface area contributed by atoms with Crippen LogP contribution in [-0.4, -0.2) is 34.6 Å². The third-order valence-electron chi connectivity index (χ3n) is 4.39. The minimum Gasteiger partial charge on any atom is -0.350 e. The fourth-order valence-corrected chi connectivity index (χ4v) is 3.95. The van der Waals surface area contributed by atoms with Crippen LogP contribution in [0, 0.1) is 0 Å². The van der Waals surface area contributed by atoms with Gasteiger partial charge in [-0.05, 0) is 36.3 Å². The van der Waals surface area contributed by atoms with Crippen LogP contribution in [-0.2, 0) is 13.5 Å². The third kappa shape index (κ3) is 3.36. The predicted octanol–water partition coefficient (Wildman–Crippen LogP) is 1.80. The average molecular weight is 346 g/mol. The van der Waals surface area contributed by atoms with Crippen LogP contribution in [0.2, 0.25) is 0 Å². The number of anilines is 1. The summed E-state index contributed by atoms with van der Waals surface area (Å²) in [5.41, 5.74) is 0.986. The Morgan fingerprint density at radius 1 is 1.50 bits per heavy atom. The van der Waals surface area contributed by atoms with Crippen LogP contribution in [0.4, 0.5) is 5.82 Å². The second kappa shape index (κ2) is 7.17. The van der Waals surface area contributed by atoms with Crippen molar-refractivity contribution in [3.05, 3.63) is 44.6 Å². The van der Waals surface area contributed by atoms with E-state index >= 15 is 0 Å². The van der Waals surface area contributed by atoms with Crippen molar-refractivity contribution in [2.45, 2.75) is 32.2 Å². The van der Waals surface area contributed by atoms with Gasteiger partial charge in [0.25, 0.3) is 11.5 Å². The molecule has 0 radical (unpaired) electrons. The maximum atomic E-state index is 12.5. The maximum absolute atomic E-state index is 12.5. The van der Waals surface area contributed by atoms with Gasteiger partial charge in [0.15, 0.2) is 5.82 Å². The molecule has 2 aromatic rings. The number of aromatic nitrogens is 2. The summed E-state index contributed by atoms with van der Waals surface area (Å²) in [4.78, 5) is 31.8. The predicted molar refractivity (Wildman–Crippen MR) is 95.9 cm³/mol. The molecule has 0 bridgehead atoms. The van der Waals surface area contributed by atoms with E-state index in [0.29, 0.717) is 12.4 Å². The van der Waals surface area contributed by atoms with Gasteiger partial charge in [0.05, 0.1) is 4.88 Å². The molecule has 0 spiro atoms. The fourth-order valence-electron chi connectivity index (χ4n) is 3.05. The standard InChI is InChI=1S/C17H22N4O2S/c1-3-12-6-10-24-14(12)16(22)19-13-5-4-8-21(11-13)15-17(23)20(2)9-7-18-15/h6-7,9-10,13H,3-5,8,11H2,1-2H3,(H,19,22). The Balaban J connectivity index is 1.71. The van der Waals surface area contributed by atoms with E-state index < -0.39 is 0 Å². The lowest BCUT2D eigenvalue weighted by atomic mass is 10.1. The van der Waals surface area contributed by atoms with E-state index in [2.05, 4.69) is 17.2 Å². The maximum Gasteiger partial charge on any atom is 0.293 e. The number of rotatable bonds is 4. The Hall–Kier alpha value is -2.15. The van der Waals surface area contributed by atoms with Crippen LogP contribution in [0.3, 0.4) is 0 Å². The van der Waals surface area contributed by atoms with Crippen LogP contribution in [0.5, 0.6) is 0 Å². The molecule has 2 aromatic heterocycles. The third-order valence-corrected chi connectivity index (χ3v) is 5.34. The van der Waals surface area contributed by atoms with Gasteiger partial charge in [-0.15, -0.1) is 11.3 Å². The van der Waals surface area contributed by atoms with E-state index in [0.717, 1.165) is 36.2 Å². The van der Waals surface area contributed by atoms with Crippen LogP contribution in [0.1, 0.15) is 35.0 Å². The number of carbonyl (C=O) groups is 1. The van der Waals surface area contributed by atoms with Gasteiger partial charge in [0.1, 0.15) is 0 Å². The summed E-state index contributed by atoms with van der Waals surface area (Å²) in [7, 11) is 1.72. The minimum atomic E-state index is -0.101. The van der Waals surface area contributed by atoms with Crippen LogP contribution >= 0.6 is 11.3 Å². The van der Waals surface area contributed by atoms with Crippen molar-refractivity contribution in [2.75, 3.05) is 18.0 Å². The van der Waals surface area contributed by atoms with Gasteiger partial charge in [0, 0.05) is 38.6 Å². The molecule has 1 saturated heterocycles. The Labute approximate surface area is 145 Å². The van der Waals surface area contributed by atoms with Gasteiger partial charge in [-0.3, -0.25) is 9.59 Å². The molecular weight excluding hydrogens is 324 g/mol. The lowest BCUT2D eigenvalue weighted by molar-refractivity contribution is 0.0936. The average Bonchev–Trinajstić information content (AvgIpc) is 3.06. The summed E-state index contributed by atoms with van der Waals surface area (Å²) in [6.07, 6.45) is 5.99. The summed E-state index contributed by atoms with van der Waals surface area (Å²) >= 11 is 1.48. The number of amides is 1. The molecule has 3 heterocycles. The number of nitrogens with zero attached hydrogens (tertiary/aromatic N) is 3. The van der Waals surface area contributed by atoms with Crippen molar-refractivity contribution >= 4 is 23.1 Å². The topological polar surface area (TPSA) is 67.2 Å². The molecule has 128 valence electrons. The summed E-state index contributed by atoms with van der Waals surface area (Å²) < 4.78 is 1.53. The lowest BCUT2D eigenvalue weighted by Crippen LogP contribution is -2.49. The molecule has 1 aliphatic rings. The first-order chi connectivity index (χ1) is 11.6. The molecule has 1 atom stereocenters. The molecule has 0 aliphatic carbocycles. The number of hydrogen-bond acceptors (Lipinski definition) is 5. The molecule has 1 fully saturated rings. The molecular formula is C17H22N4O2S. The summed E-state index contributed by atoms with van der Waals surface area (Å²) in [6.45, 7) is 3.46. The highest BCUT2D eigenvalue weighted by atomic mass is 32.1. The Morgan fingerprint density at radius 2 is 2.33 bits per heavy atom. The second-order valence-electron chi connectivity index (χ2n) is 6.05. The minimum absolute atomic E-state index is 0.0115. The molecule has 3 rings (SSSR count). The quantitative estimate of drug-likeness (QED) is 0.917. The first-order valence-corrected chi connectivity index (χ1v) is 9.12.